The van der Waals surface area contributed by atoms with Crippen molar-refractivity contribution in [3.05, 3.63) is 35.6 Å². The van der Waals surface area contributed by atoms with Crippen LogP contribution in [0.25, 0.3) is 0 Å². The SMILES string of the molecule is CC(NC(=O)C[C@H]1CCCN1C)c1ccc(F)cc1. The van der Waals surface area contributed by atoms with Crippen LogP contribution in [0.15, 0.2) is 24.3 Å². The van der Waals surface area contributed by atoms with Crippen LogP contribution in [0.2, 0.25) is 0 Å². The number of nitrogens with zero attached hydrogens (tertiary/aromatic N) is 1. The molecule has 4 heteroatoms. The van der Waals surface area contributed by atoms with E-state index in [1.54, 1.807) is 12.1 Å². The van der Waals surface area contributed by atoms with Gasteiger partial charge in [0.15, 0.2) is 0 Å². The van der Waals surface area contributed by atoms with Crippen LogP contribution in [-0.2, 0) is 4.79 Å². The third kappa shape index (κ3) is 3.77. The zero-order valence-electron chi connectivity index (χ0n) is 11.5. The molecule has 1 N–H and O–H groups in total. The Morgan fingerprint density at radius 2 is 2.16 bits per heavy atom. The Morgan fingerprint density at radius 3 is 2.74 bits per heavy atom. The van der Waals surface area contributed by atoms with Crippen molar-refractivity contribution in [3.63, 3.8) is 0 Å². The monoisotopic (exact) mass is 264 g/mol. The number of nitrogens with one attached hydrogen (secondary N) is 1. The van der Waals surface area contributed by atoms with Crippen molar-refractivity contribution in [2.24, 2.45) is 0 Å². The van der Waals surface area contributed by atoms with Crippen molar-refractivity contribution in [2.75, 3.05) is 13.6 Å². The van der Waals surface area contributed by atoms with E-state index < -0.39 is 0 Å². The van der Waals surface area contributed by atoms with E-state index in [1.165, 1.54) is 18.6 Å². The van der Waals surface area contributed by atoms with Gasteiger partial charge in [0.05, 0.1) is 6.04 Å². The second-order valence-electron chi connectivity index (χ2n) is 5.32. The largest absolute Gasteiger partial charge is 0.350 e. The summed E-state index contributed by atoms with van der Waals surface area (Å²) >= 11 is 0. The molecule has 0 saturated carbocycles. The van der Waals surface area contributed by atoms with E-state index >= 15 is 0 Å². The van der Waals surface area contributed by atoms with Crippen LogP contribution in [0.4, 0.5) is 4.39 Å². The molecule has 1 aliphatic rings. The number of hydrogen-bond donors (Lipinski definition) is 1. The molecular formula is C15H21FN2O. The van der Waals surface area contributed by atoms with Crippen LogP contribution in [0.3, 0.4) is 0 Å². The highest BCUT2D eigenvalue weighted by Crippen LogP contribution is 2.19. The molecule has 19 heavy (non-hydrogen) atoms. The summed E-state index contributed by atoms with van der Waals surface area (Å²) in [6.07, 6.45) is 2.80. The molecule has 0 aromatic heterocycles. The standard InChI is InChI=1S/C15H21FN2O/c1-11(12-5-7-13(16)8-6-12)17-15(19)10-14-4-3-9-18(14)2/h5-8,11,14H,3-4,9-10H2,1-2H3,(H,17,19)/t11?,14-/m1/s1. The average Bonchev–Trinajstić information content (AvgIpc) is 2.75. The quantitative estimate of drug-likeness (QED) is 0.906. The maximum Gasteiger partial charge on any atom is 0.222 e. The van der Waals surface area contributed by atoms with Crippen LogP contribution < -0.4 is 5.32 Å². The number of amides is 1. The summed E-state index contributed by atoms with van der Waals surface area (Å²) < 4.78 is 12.8. The molecule has 0 aliphatic carbocycles. The summed E-state index contributed by atoms with van der Waals surface area (Å²) in [4.78, 5) is 14.2. The topological polar surface area (TPSA) is 32.3 Å². The van der Waals surface area contributed by atoms with Gasteiger partial charge >= 0.3 is 0 Å². The molecule has 2 rings (SSSR count). The maximum atomic E-state index is 12.8. The van der Waals surface area contributed by atoms with E-state index in [0.29, 0.717) is 12.5 Å². The lowest BCUT2D eigenvalue weighted by Crippen LogP contribution is -2.34. The summed E-state index contributed by atoms with van der Waals surface area (Å²) in [5.74, 6) is -0.189. The molecule has 1 saturated heterocycles. The Labute approximate surface area is 113 Å². The predicted molar refractivity (Wildman–Crippen MR) is 73.2 cm³/mol. The Bertz CT molecular complexity index is 432. The first-order valence-electron chi connectivity index (χ1n) is 6.81. The van der Waals surface area contributed by atoms with Gasteiger partial charge in [-0.1, -0.05) is 12.1 Å². The minimum atomic E-state index is -0.255. The molecule has 2 atom stereocenters. The van der Waals surface area contributed by atoms with Crippen LogP contribution in [-0.4, -0.2) is 30.4 Å². The highest BCUT2D eigenvalue weighted by atomic mass is 19.1. The summed E-state index contributed by atoms with van der Waals surface area (Å²) in [6, 6.07) is 6.54. The summed E-state index contributed by atoms with van der Waals surface area (Å²) in [7, 11) is 2.06. The fourth-order valence-corrected chi connectivity index (χ4v) is 2.59. The second-order valence-corrected chi connectivity index (χ2v) is 5.32. The molecule has 104 valence electrons. The van der Waals surface area contributed by atoms with Crippen molar-refractivity contribution in [2.45, 2.75) is 38.3 Å². The van der Waals surface area contributed by atoms with Crippen LogP contribution in [0.5, 0.6) is 0 Å². The second kappa shape index (κ2) is 6.15. The third-order valence-corrected chi connectivity index (χ3v) is 3.84. The minimum absolute atomic E-state index is 0.0653. The number of carbonyl (C=O) groups is 1. The van der Waals surface area contributed by atoms with E-state index in [0.717, 1.165) is 18.5 Å². The van der Waals surface area contributed by atoms with Crippen LogP contribution in [0, 0.1) is 5.82 Å². The Balaban J connectivity index is 1.86. The lowest BCUT2D eigenvalue weighted by molar-refractivity contribution is -0.122. The van der Waals surface area contributed by atoms with Gasteiger partial charge in [-0.15, -0.1) is 0 Å². The van der Waals surface area contributed by atoms with E-state index in [2.05, 4.69) is 17.3 Å². The van der Waals surface area contributed by atoms with Crippen LogP contribution in [0.1, 0.15) is 37.8 Å². The Morgan fingerprint density at radius 1 is 1.47 bits per heavy atom. The van der Waals surface area contributed by atoms with Gasteiger partial charge in [0.2, 0.25) is 5.91 Å². The van der Waals surface area contributed by atoms with Gasteiger partial charge in [-0.05, 0) is 51.1 Å². The van der Waals surface area contributed by atoms with Crippen molar-refractivity contribution >= 4 is 5.91 Å². The molecular weight excluding hydrogens is 243 g/mol. The van der Waals surface area contributed by atoms with Gasteiger partial charge in [0, 0.05) is 12.5 Å². The smallest absolute Gasteiger partial charge is 0.222 e. The minimum Gasteiger partial charge on any atom is -0.350 e. The number of halogens is 1. The molecule has 0 radical (unpaired) electrons. The summed E-state index contributed by atoms with van der Waals surface area (Å²) in [6.45, 7) is 3.00. The Hall–Kier alpha value is -1.42. The first-order valence-corrected chi connectivity index (χ1v) is 6.81. The zero-order valence-corrected chi connectivity index (χ0v) is 11.5. The van der Waals surface area contributed by atoms with Crippen molar-refractivity contribution in [3.8, 4) is 0 Å². The van der Waals surface area contributed by atoms with E-state index in [9.17, 15) is 9.18 Å². The zero-order chi connectivity index (χ0) is 13.8. The fraction of sp³-hybridized carbons (Fsp3) is 0.533. The molecule has 1 fully saturated rings. The molecule has 1 aliphatic heterocycles. The Kier molecular flexibility index (Phi) is 4.53. The van der Waals surface area contributed by atoms with Crippen molar-refractivity contribution in [1.82, 2.24) is 10.2 Å². The van der Waals surface area contributed by atoms with Gasteiger partial charge in [0.25, 0.3) is 0 Å². The number of benzene rings is 1. The third-order valence-electron chi connectivity index (χ3n) is 3.84. The normalized spacial score (nSPS) is 21.3. The molecule has 1 aromatic rings. The number of rotatable bonds is 4. The predicted octanol–water partition coefficient (Wildman–Crippen LogP) is 2.49. The number of hydrogen-bond acceptors (Lipinski definition) is 2. The molecule has 0 spiro atoms. The van der Waals surface area contributed by atoms with E-state index in [4.69, 9.17) is 0 Å². The van der Waals surface area contributed by atoms with Crippen molar-refractivity contribution in [1.29, 1.82) is 0 Å². The van der Waals surface area contributed by atoms with Crippen LogP contribution >= 0.6 is 0 Å². The van der Waals surface area contributed by atoms with Gasteiger partial charge in [-0.2, -0.15) is 0 Å². The highest BCUT2D eigenvalue weighted by Gasteiger charge is 2.23. The van der Waals surface area contributed by atoms with Gasteiger partial charge in [-0.3, -0.25) is 4.79 Å². The molecule has 1 amide bonds. The lowest BCUT2D eigenvalue weighted by atomic mass is 10.1. The van der Waals surface area contributed by atoms with Crippen molar-refractivity contribution < 1.29 is 9.18 Å². The maximum absolute atomic E-state index is 12.8. The number of likely N-dealkylation sites (tertiary alicyclic amines) is 1. The molecule has 0 bridgehead atoms. The van der Waals surface area contributed by atoms with E-state index in [1.807, 2.05) is 6.92 Å². The molecule has 1 heterocycles. The van der Waals surface area contributed by atoms with E-state index in [-0.39, 0.29) is 17.8 Å². The first kappa shape index (κ1) is 14.0. The molecule has 1 unspecified atom stereocenters. The van der Waals surface area contributed by atoms with Gasteiger partial charge in [-0.25, -0.2) is 4.39 Å². The lowest BCUT2D eigenvalue weighted by Gasteiger charge is -2.20. The average molecular weight is 264 g/mol. The first-order chi connectivity index (χ1) is 9.06. The summed E-state index contributed by atoms with van der Waals surface area (Å²) in [5.41, 5.74) is 0.925. The highest BCUT2D eigenvalue weighted by molar-refractivity contribution is 5.77. The van der Waals surface area contributed by atoms with Gasteiger partial charge < -0.3 is 10.2 Å². The fourth-order valence-electron chi connectivity index (χ4n) is 2.59. The number of carbonyl (C=O) groups excluding carboxylic acids is 1. The summed E-state index contributed by atoms with van der Waals surface area (Å²) in [5, 5.41) is 2.98. The molecule has 3 nitrogen and oxygen atoms in total. The molecule has 1 aromatic carbocycles. The van der Waals surface area contributed by atoms with Gasteiger partial charge in [0.1, 0.15) is 5.82 Å².